The molecule has 1 aromatic carbocycles. The first-order chi connectivity index (χ1) is 7.59. The lowest BCUT2D eigenvalue weighted by Crippen LogP contribution is -1.96. The van der Waals surface area contributed by atoms with Gasteiger partial charge in [-0.1, -0.05) is 24.4 Å². The van der Waals surface area contributed by atoms with Gasteiger partial charge in [0.1, 0.15) is 10.5 Å². The van der Waals surface area contributed by atoms with Gasteiger partial charge < -0.3 is 0 Å². The van der Waals surface area contributed by atoms with Crippen LogP contribution in [0.1, 0.15) is 11.1 Å². The molecule has 0 bridgehead atoms. The van der Waals surface area contributed by atoms with E-state index in [9.17, 15) is 4.39 Å². The molecule has 0 radical (unpaired) electrons. The first-order valence-electron chi connectivity index (χ1n) is 4.91. The summed E-state index contributed by atoms with van der Waals surface area (Å²) in [6.45, 7) is 3.87. The molecule has 0 atom stereocenters. The van der Waals surface area contributed by atoms with Gasteiger partial charge in [-0.05, 0) is 37.1 Å². The lowest BCUT2D eigenvalue weighted by molar-refractivity contribution is 0.628. The predicted octanol–water partition coefficient (Wildman–Crippen LogP) is 3.56. The Morgan fingerprint density at radius 1 is 1.25 bits per heavy atom. The maximum atomic E-state index is 13.1. The summed E-state index contributed by atoms with van der Waals surface area (Å²) in [7, 11) is 0. The average molecular weight is 234 g/mol. The molecule has 0 spiro atoms. The van der Waals surface area contributed by atoms with E-state index in [0.717, 1.165) is 22.4 Å². The number of hydrogen-bond donors (Lipinski definition) is 1. The molecule has 0 aliphatic carbocycles. The Kier molecular flexibility index (Phi) is 2.83. The quantitative estimate of drug-likeness (QED) is 0.764. The van der Waals surface area contributed by atoms with Gasteiger partial charge in [-0.3, -0.25) is 5.10 Å². The maximum Gasteiger partial charge on any atom is 0.123 e. The van der Waals surface area contributed by atoms with Crippen molar-refractivity contribution in [3.8, 4) is 11.3 Å². The average Bonchev–Trinajstić information content (AvgIpc) is 2.26. The van der Waals surface area contributed by atoms with E-state index in [1.807, 2.05) is 19.9 Å². The van der Waals surface area contributed by atoms with Crippen LogP contribution >= 0.6 is 12.2 Å². The van der Waals surface area contributed by atoms with E-state index in [1.54, 1.807) is 6.07 Å². The molecular weight excluding hydrogens is 223 g/mol. The third-order valence-electron chi connectivity index (χ3n) is 2.63. The Balaban J connectivity index is 2.66. The van der Waals surface area contributed by atoms with Crippen LogP contribution in [0, 0.1) is 24.3 Å². The van der Waals surface area contributed by atoms with E-state index in [-0.39, 0.29) is 5.82 Å². The molecule has 16 heavy (non-hydrogen) atoms. The van der Waals surface area contributed by atoms with Crippen molar-refractivity contribution in [1.29, 1.82) is 0 Å². The van der Waals surface area contributed by atoms with Crippen LogP contribution in [0.3, 0.4) is 0 Å². The van der Waals surface area contributed by atoms with Crippen molar-refractivity contribution in [2.75, 3.05) is 0 Å². The summed E-state index contributed by atoms with van der Waals surface area (Å²) in [5.41, 5.74) is 3.45. The summed E-state index contributed by atoms with van der Waals surface area (Å²) in [6.07, 6.45) is 0. The zero-order valence-electron chi connectivity index (χ0n) is 9.04. The number of aromatic nitrogens is 2. The van der Waals surface area contributed by atoms with Crippen LogP contribution in [0.15, 0.2) is 24.3 Å². The number of hydrogen-bond acceptors (Lipinski definition) is 2. The molecule has 1 N–H and O–H groups in total. The Morgan fingerprint density at radius 2 is 2.00 bits per heavy atom. The van der Waals surface area contributed by atoms with Crippen LogP contribution in [-0.4, -0.2) is 10.2 Å². The van der Waals surface area contributed by atoms with Crippen molar-refractivity contribution in [3.63, 3.8) is 0 Å². The van der Waals surface area contributed by atoms with Crippen molar-refractivity contribution >= 4 is 12.2 Å². The lowest BCUT2D eigenvalue weighted by atomic mass is 10.0. The summed E-state index contributed by atoms with van der Waals surface area (Å²) >= 11 is 5.08. The highest BCUT2D eigenvalue weighted by Gasteiger charge is 2.07. The molecule has 1 heterocycles. The molecule has 2 nitrogen and oxygen atoms in total. The van der Waals surface area contributed by atoms with Gasteiger partial charge in [-0.2, -0.15) is 5.10 Å². The minimum Gasteiger partial charge on any atom is -0.267 e. The fraction of sp³-hybridized carbons (Fsp3) is 0.167. The second-order valence-electron chi connectivity index (χ2n) is 3.66. The van der Waals surface area contributed by atoms with Gasteiger partial charge in [0.2, 0.25) is 0 Å². The number of nitrogens with one attached hydrogen (secondary N) is 1. The molecule has 82 valence electrons. The van der Waals surface area contributed by atoms with Gasteiger partial charge in [-0.15, -0.1) is 0 Å². The number of halogens is 1. The molecule has 2 aromatic rings. The van der Waals surface area contributed by atoms with Gasteiger partial charge in [0.25, 0.3) is 0 Å². The maximum absolute atomic E-state index is 13.1. The Bertz CT molecular complexity index is 590. The summed E-state index contributed by atoms with van der Waals surface area (Å²) in [4.78, 5) is 0. The standard InChI is InChI=1S/C12H11FN2S/c1-7-8(2)12(16)15-14-11(7)9-4-3-5-10(13)6-9/h3-6H,1-2H3,(H,15,16). The van der Waals surface area contributed by atoms with E-state index in [0.29, 0.717) is 4.64 Å². The lowest BCUT2D eigenvalue weighted by Gasteiger charge is -2.07. The topological polar surface area (TPSA) is 28.7 Å². The third kappa shape index (κ3) is 1.88. The van der Waals surface area contributed by atoms with Crippen LogP contribution < -0.4 is 0 Å². The molecule has 2 rings (SSSR count). The molecule has 0 aliphatic rings. The predicted molar refractivity (Wildman–Crippen MR) is 64.3 cm³/mol. The second-order valence-corrected chi connectivity index (χ2v) is 4.07. The van der Waals surface area contributed by atoms with Crippen molar-refractivity contribution in [2.24, 2.45) is 0 Å². The number of aromatic amines is 1. The molecular formula is C12H11FN2S. The Labute approximate surface area is 98.2 Å². The highest BCUT2D eigenvalue weighted by molar-refractivity contribution is 7.71. The van der Waals surface area contributed by atoms with Gasteiger partial charge in [0.15, 0.2) is 0 Å². The van der Waals surface area contributed by atoms with E-state index in [1.165, 1.54) is 12.1 Å². The molecule has 0 amide bonds. The summed E-state index contributed by atoms with van der Waals surface area (Å²) in [5.74, 6) is -0.265. The van der Waals surface area contributed by atoms with Crippen LogP contribution in [0.5, 0.6) is 0 Å². The third-order valence-corrected chi connectivity index (χ3v) is 3.02. The number of nitrogens with zero attached hydrogens (tertiary/aromatic N) is 1. The van der Waals surface area contributed by atoms with Crippen molar-refractivity contribution in [2.45, 2.75) is 13.8 Å². The minimum atomic E-state index is -0.265. The van der Waals surface area contributed by atoms with E-state index < -0.39 is 0 Å². The van der Waals surface area contributed by atoms with Gasteiger partial charge >= 0.3 is 0 Å². The number of rotatable bonds is 1. The van der Waals surface area contributed by atoms with Crippen molar-refractivity contribution in [3.05, 3.63) is 45.9 Å². The zero-order chi connectivity index (χ0) is 11.7. The van der Waals surface area contributed by atoms with Gasteiger partial charge in [-0.25, -0.2) is 4.39 Å². The van der Waals surface area contributed by atoms with Crippen LogP contribution in [0.4, 0.5) is 4.39 Å². The number of benzene rings is 1. The number of H-pyrrole nitrogens is 1. The summed E-state index contributed by atoms with van der Waals surface area (Å²) < 4.78 is 13.7. The van der Waals surface area contributed by atoms with Crippen molar-refractivity contribution in [1.82, 2.24) is 10.2 Å². The molecule has 0 saturated carbocycles. The molecule has 0 saturated heterocycles. The Morgan fingerprint density at radius 3 is 2.69 bits per heavy atom. The first kappa shape index (κ1) is 11.0. The normalized spacial score (nSPS) is 10.4. The molecule has 0 aliphatic heterocycles. The highest BCUT2D eigenvalue weighted by Crippen LogP contribution is 2.23. The molecule has 4 heteroatoms. The Hall–Kier alpha value is -1.55. The largest absolute Gasteiger partial charge is 0.267 e. The van der Waals surface area contributed by atoms with Gasteiger partial charge in [0.05, 0.1) is 5.69 Å². The highest BCUT2D eigenvalue weighted by atomic mass is 32.1. The monoisotopic (exact) mass is 234 g/mol. The van der Waals surface area contributed by atoms with Crippen LogP contribution in [-0.2, 0) is 0 Å². The zero-order valence-corrected chi connectivity index (χ0v) is 9.86. The second kappa shape index (κ2) is 4.14. The first-order valence-corrected chi connectivity index (χ1v) is 5.32. The molecule has 0 fully saturated rings. The fourth-order valence-electron chi connectivity index (χ4n) is 1.54. The van der Waals surface area contributed by atoms with E-state index in [2.05, 4.69) is 10.2 Å². The van der Waals surface area contributed by atoms with E-state index >= 15 is 0 Å². The van der Waals surface area contributed by atoms with Crippen LogP contribution in [0.25, 0.3) is 11.3 Å². The molecule has 0 unspecified atom stereocenters. The smallest absolute Gasteiger partial charge is 0.123 e. The SMILES string of the molecule is Cc1c(-c2cccc(F)c2)n[nH]c(=S)c1C. The molecule has 1 aromatic heterocycles. The van der Waals surface area contributed by atoms with Crippen LogP contribution in [0.2, 0.25) is 0 Å². The van der Waals surface area contributed by atoms with Crippen molar-refractivity contribution < 1.29 is 4.39 Å². The summed E-state index contributed by atoms with van der Waals surface area (Å²) in [6, 6.07) is 6.37. The fourth-order valence-corrected chi connectivity index (χ4v) is 1.74. The van der Waals surface area contributed by atoms with Gasteiger partial charge in [0, 0.05) is 5.56 Å². The minimum absolute atomic E-state index is 0.265. The summed E-state index contributed by atoms with van der Waals surface area (Å²) in [5, 5.41) is 6.92. The van der Waals surface area contributed by atoms with E-state index in [4.69, 9.17) is 12.2 Å².